The van der Waals surface area contributed by atoms with Gasteiger partial charge in [-0.3, -0.25) is 4.79 Å². The smallest absolute Gasteiger partial charge is 0.173 e. The van der Waals surface area contributed by atoms with Gasteiger partial charge in [-0.15, -0.1) is 0 Å². The van der Waals surface area contributed by atoms with E-state index in [1.54, 1.807) is 6.07 Å². The summed E-state index contributed by atoms with van der Waals surface area (Å²) in [5.74, 6) is -0.0716. The highest BCUT2D eigenvalue weighted by atomic mass is 19.1. The van der Waals surface area contributed by atoms with Crippen LogP contribution in [0.3, 0.4) is 0 Å². The zero-order valence-corrected chi connectivity index (χ0v) is 10.5. The number of carbonyl (C=O) groups is 1. The molecular weight excluding hydrogens is 255 g/mol. The molecule has 0 aromatic heterocycles. The Balaban J connectivity index is 2.13. The van der Waals surface area contributed by atoms with Gasteiger partial charge in [0.05, 0.1) is 5.56 Å². The lowest BCUT2D eigenvalue weighted by Gasteiger charge is -2.11. The second-order valence-corrected chi connectivity index (χ2v) is 4.36. The van der Waals surface area contributed by atoms with E-state index >= 15 is 0 Å². The molecule has 0 bridgehead atoms. The highest BCUT2D eigenvalue weighted by Crippen LogP contribution is 2.32. The molecule has 3 rings (SSSR count). The van der Waals surface area contributed by atoms with E-state index in [9.17, 15) is 9.18 Å². The highest BCUT2D eigenvalue weighted by Gasteiger charge is 2.11. The van der Waals surface area contributed by atoms with Crippen molar-refractivity contribution in [2.24, 2.45) is 0 Å². The Morgan fingerprint density at radius 3 is 2.50 bits per heavy atom. The number of fused-ring (bicyclic) bond motifs is 1. The SMILES string of the molecule is O=Cc1cccc(F)c1Oc1cccc2ccccc12. The summed E-state index contributed by atoms with van der Waals surface area (Å²) in [5.41, 5.74) is 0.193. The quantitative estimate of drug-likeness (QED) is 0.648. The standard InChI is InChI=1S/C17H11FO2/c18-15-9-3-7-13(11-19)17(15)20-16-10-4-6-12-5-1-2-8-14(12)16/h1-11H. The highest BCUT2D eigenvalue weighted by molar-refractivity contribution is 5.89. The molecule has 0 spiro atoms. The Labute approximate surface area is 115 Å². The van der Waals surface area contributed by atoms with E-state index in [0.29, 0.717) is 12.0 Å². The fraction of sp³-hybridized carbons (Fsp3) is 0. The molecular formula is C17H11FO2. The van der Waals surface area contributed by atoms with Crippen molar-refractivity contribution in [2.75, 3.05) is 0 Å². The van der Waals surface area contributed by atoms with Gasteiger partial charge < -0.3 is 4.74 Å². The lowest BCUT2D eigenvalue weighted by atomic mass is 10.1. The van der Waals surface area contributed by atoms with E-state index in [1.165, 1.54) is 18.2 Å². The number of ether oxygens (including phenoxy) is 1. The fourth-order valence-electron chi connectivity index (χ4n) is 2.12. The Morgan fingerprint density at radius 2 is 1.65 bits per heavy atom. The molecule has 20 heavy (non-hydrogen) atoms. The van der Waals surface area contributed by atoms with Gasteiger partial charge in [0.2, 0.25) is 0 Å². The van der Waals surface area contributed by atoms with Gasteiger partial charge >= 0.3 is 0 Å². The summed E-state index contributed by atoms with van der Waals surface area (Å²) in [5, 5.41) is 1.86. The molecule has 0 aliphatic rings. The number of carbonyl (C=O) groups excluding carboxylic acids is 1. The van der Waals surface area contributed by atoms with Gasteiger partial charge in [0.15, 0.2) is 17.9 Å². The zero-order chi connectivity index (χ0) is 13.9. The predicted octanol–water partition coefficient (Wildman–Crippen LogP) is 4.58. The Kier molecular flexibility index (Phi) is 3.17. The number of benzene rings is 3. The van der Waals surface area contributed by atoms with Gasteiger partial charge in [0.1, 0.15) is 5.75 Å². The first kappa shape index (κ1) is 12.4. The minimum Gasteiger partial charge on any atom is -0.453 e. The average molecular weight is 266 g/mol. The molecule has 3 heteroatoms. The molecule has 0 aliphatic heterocycles. The molecule has 0 heterocycles. The molecule has 3 aromatic rings. The molecule has 0 fully saturated rings. The first-order valence-electron chi connectivity index (χ1n) is 6.19. The van der Waals surface area contributed by atoms with E-state index in [-0.39, 0.29) is 11.3 Å². The lowest BCUT2D eigenvalue weighted by molar-refractivity contribution is 0.112. The number of rotatable bonds is 3. The second-order valence-electron chi connectivity index (χ2n) is 4.36. The Hall–Kier alpha value is -2.68. The van der Waals surface area contributed by atoms with Crippen LogP contribution < -0.4 is 4.74 Å². The molecule has 0 atom stereocenters. The predicted molar refractivity (Wildman–Crippen MR) is 75.8 cm³/mol. The van der Waals surface area contributed by atoms with Crippen LogP contribution in [0.4, 0.5) is 4.39 Å². The van der Waals surface area contributed by atoms with Crippen LogP contribution in [0.15, 0.2) is 60.7 Å². The summed E-state index contributed by atoms with van der Waals surface area (Å²) in [7, 11) is 0. The van der Waals surface area contributed by atoms with Gasteiger partial charge in [-0.2, -0.15) is 0 Å². The minimum atomic E-state index is -0.553. The molecule has 0 saturated heterocycles. The zero-order valence-electron chi connectivity index (χ0n) is 10.5. The largest absolute Gasteiger partial charge is 0.453 e. The third kappa shape index (κ3) is 2.14. The molecule has 0 radical (unpaired) electrons. The third-order valence-corrected chi connectivity index (χ3v) is 3.09. The van der Waals surface area contributed by atoms with E-state index in [0.717, 1.165) is 10.8 Å². The number of aldehydes is 1. The van der Waals surface area contributed by atoms with Crippen molar-refractivity contribution in [1.82, 2.24) is 0 Å². The van der Waals surface area contributed by atoms with Crippen LogP contribution in [-0.2, 0) is 0 Å². The van der Waals surface area contributed by atoms with E-state index < -0.39 is 5.82 Å². The maximum atomic E-state index is 13.8. The van der Waals surface area contributed by atoms with Crippen molar-refractivity contribution in [3.63, 3.8) is 0 Å². The lowest BCUT2D eigenvalue weighted by Crippen LogP contribution is -1.94. The van der Waals surface area contributed by atoms with Crippen LogP contribution in [0.1, 0.15) is 10.4 Å². The molecule has 0 N–H and O–H groups in total. The summed E-state index contributed by atoms with van der Waals surface area (Å²) in [6.45, 7) is 0. The average Bonchev–Trinajstić information content (AvgIpc) is 2.49. The molecule has 2 nitrogen and oxygen atoms in total. The van der Waals surface area contributed by atoms with Crippen molar-refractivity contribution in [1.29, 1.82) is 0 Å². The van der Waals surface area contributed by atoms with Gasteiger partial charge in [0, 0.05) is 5.39 Å². The number of para-hydroxylation sites is 1. The van der Waals surface area contributed by atoms with Crippen molar-refractivity contribution < 1.29 is 13.9 Å². The topological polar surface area (TPSA) is 26.3 Å². The third-order valence-electron chi connectivity index (χ3n) is 3.09. The summed E-state index contributed by atoms with van der Waals surface area (Å²) < 4.78 is 19.5. The monoisotopic (exact) mass is 266 g/mol. The van der Waals surface area contributed by atoms with Crippen LogP contribution in [0.5, 0.6) is 11.5 Å². The van der Waals surface area contributed by atoms with Gasteiger partial charge in [0.25, 0.3) is 0 Å². The second kappa shape index (κ2) is 5.13. The number of halogens is 1. The molecule has 0 amide bonds. The maximum absolute atomic E-state index is 13.8. The number of hydrogen-bond donors (Lipinski definition) is 0. The summed E-state index contributed by atoms with van der Waals surface area (Å²) in [6, 6.07) is 17.5. The van der Waals surface area contributed by atoms with Crippen LogP contribution in [-0.4, -0.2) is 6.29 Å². The van der Waals surface area contributed by atoms with Gasteiger partial charge in [-0.1, -0.05) is 42.5 Å². The molecule has 0 unspecified atom stereocenters. The maximum Gasteiger partial charge on any atom is 0.173 e. The first-order chi connectivity index (χ1) is 9.79. The van der Waals surface area contributed by atoms with Crippen LogP contribution in [0.2, 0.25) is 0 Å². The van der Waals surface area contributed by atoms with E-state index in [1.807, 2.05) is 36.4 Å². The van der Waals surface area contributed by atoms with Crippen LogP contribution in [0, 0.1) is 5.82 Å². The van der Waals surface area contributed by atoms with Crippen molar-refractivity contribution >= 4 is 17.1 Å². The van der Waals surface area contributed by atoms with Gasteiger partial charge in [-0.25, -0.2) is 4.39 Å². The van der Waals surface area contributed by atoms with Crippen LogP contribution >= 0.6 is 0 Å². The Bertz CT molecular complexity index is 776. The summed E-state index contributed by atoms with van der Waals surface area (Å²) in [6.07, 6.45) is 0.587. The van der Waals surface area contributed by atoms with Crippen molar-refractivity contribution in [2.45, 2.75) is 0 Å². The molecule has 0 aliphatic carbocycles. The summed E-state index contributed by atoms with van der Waals surface area (Å²) >= 11 is 0. The summed E-state index contributed by atoms with van der Waals surface area (Å²) in [4.78, 5) is 11.0. The van der Waals surface area contributed by atoms with Crippen molar-refractivity contribution in [3.05, 3.63) is 72.0 Å². The normalized spacial score (nSPS) is 10.4. The Morgan fingerprint density at radius 1 is 0.900 bits per heavy atom. The fourth-order valence-corrected chi connectivity index (χ4v) is 2.12. The molecule has 0 saturated carbocycles. The molecule has 3 aromatic carbocycles. The first-order valence-corrected chi connectivity index (χ1v) is 6.19. The minimum absolute atomic E-state index is 0.0427. The molecule has 98 valence electrons. The van der Waals surface area contributed by atoms with E-state index in [2.05, 4.69) is 0 Å². The van der Waals surface area contributed by atoms with Gasteiger partial charge in [-0.05, 0) is 23.6 Å². The van der Waals surface area contributed by atoms with E-state index in [4.69, 9.17) is 4.74 Å². The number of hydrogen-bond acceptors (Lipinski definition) is 2. The van der Waals surface area contributed by atoms with Crippen LogP contribution in [0.25, 0.3) is 10.8 Å². The van der Waals surface area contributed by atoms with Crippen molar-refractivity contribution in [3.8, 4) is 11.5 Å².